The molecule has 122 valence electrons. The molecule has 1 fully saturated rings. The van der Waals surface area contributed by atoms with Crippen LogP contribution in [0, 0.1) is 5.92 Å². The lowest BCUT2D eigenvalue weighted by atomic mass is 10.0. The summed E-state index contributed by atoms with van der Waals surface area (Å²) in [6, 6.07) is 2.12. The first-order valence-electron chi connectivity index (χ1n) is 7.61. The van der Waals surface area contributed by atoms with Crippen molar-refractivity contribution in [3.63, 3.8) is 0 Å². The van der Waals surface area contributed by atoms with Crippen LogP contribution in [0.15, 0.2) is 27.9 Å². The van der Waals surface area contributed by atoms with Crippen molar-refractivity contribution in [2.24, 2.45) is 5.92 Å². The molecule has 0 aromatic carbocycles. The molecule has 23 heavy (non-hydrogen) atoms. The van der Waals surface area contributed by atoms with Gasteiger partial charge in [0.15, 0.2) is 5.82 Å². The van der Waals surface area contributed by atoms with E-state index >= 15 is 0 Å². The largest absolute Gasteiger partial charge is 0.363 e. The number of anilines is 1. The number of aryl methyl sites for hydroxylation is 2. The van der Waals surface area contributed by atoms with E-state index in [2.05, 4.69) is 35.6 Å². The maximum absolute atomic E-state index is 12.0. The Labute approximate surface area is 133 Å². The minimum atomic E-state index is -3.53. The number of fused-ring (bicyclic) bond motifs is 1. The number of nitrogens with one attached hydrogen (secondary N) is 1. The van der Waals surface area contributed by atoms with Crippen LogP contribution in [0.25, 0.3) is 0 Å². The van der Waals surface area contributed by atoms with Gasteiger partial charge < -0.3 is 9.42 Å². The zero-order chi connectivity index (χ0) is 15.9. The molecule has 4 rings (SSSR count). The molecule has 0 amide bonds. The number of hydrogen-bond donors (Lipinski definition) is 1. The molecule has 9 heteroatoms. The Kier molecular flexibility index (Phi) is 3.53. The summed E-state index contributed by atoms with van der Waals surface area (Å²) in [7, 11) is -3.53. The highest BCUT2D eigenvalue weighted by molar-refractivity contribution is 7.89. The molecule has 1 saturated heterocycles. The van der Waals surface area contributed by atoms with E-state index in [0.29, 0.717) is 6.54 Å². The fourth-order valence-electron chi connectivity index (χ4n) is 3.00. The van der Waals surface area contributed by atoms with Crippen LogP contribution < -0.4 is 9.62 Å². The molecule has 3 heterocycles. The summed E-state index contributed by atoms with van der Waals surface area (Å²) in [6.07, 6.45) is 5.56. The van der Waals surface area contributed by atoms with Gasteiger partial charge in [0.05, 0.1) is 11.9 Å². The highest BCUT2D eigenvalue weighted by atomic mass is 32.2. The van der Waals surface area contributed by atoms with Crippen molar-refractivity contribution in [3.05, 3.63) is 29.8 Å². The lowest BCUT2D eigenvalue weighted by Gasteiger charge is -2.40. The summed E-state index contributed by atoms with van der Waals surface area (Å²) in [5.41, 5.74) is 2.42. The van der Waals surface area contributed by atoms with E-state index in [4.69, 9.17) is 0 Å². The lowest BCUT2D eigenvalue weighted by Crippen LogP contribution is -2.51. The third-order valence-electron chi connectivity index (χ3n) is 4.37. The van der Waals surface area contributed by atoms with Crippen LogP contribution in [-0.2, 0) is 22.9 Å². The molecular weight excluding hydrogens is 318 g/mol. The van der Waals surface area contributed by atoms with Gasteiger partial charge in [-0.2, -0.15) is 5.10 Å². The predicted molar refractivity (Wildman–Crippen MR) is 81.5 cm³/mol. The molecule has 8 nitrogen and oxygen atoms in total. The van der Waals surface area contributed by atoms with Gasteiger partial charge in [-0.05, 0) is 30.9 Å². The highest BCUT2D eigenvalue weighted by Crippen LogP contribution is 2.27. The normalized spacial score (nSPS) is 18.0. The summed E-state index contributed by atoms with van der Waals surface area (Å²) in [4.78, 5) is 2.18. The summed E-state index contributed by atoms with van der Waals surface area (Å²) < 4.78 is 31.1. The van der Waals surface area contributed by atoms with Gasteiger partial charge >= 0.3 is 0 Å². The van der Waals surface area contributed by atoms with Crippen molar-refractivity contribution in [1.29, 1.82) is 0 Å². The van der Waals surface area contributed by atoms with Crippen LogP contribution in [0.2, 0.25) is 0 Å². The summed E-state index contributed by atoms with van der Waals surface area (Å²) in [5, 5.41) is 12.0. The molecule has 2 aliphatic rings. The van der Waals surface area contributed by atoms with E-state index in [9.17, 15) is 8.42 Å². The number of aromatic nitrogens is 3. The molecular formula is C14H17N5O3S. The fourth-order valence-corrected chi connectivity index (χ4v) is 3.97. The van der Waals surface area contributed by atoms with Gasteiger partial charge in [-0.25, -0.2) is 13.1 Å². The van der Waals surface area contributed by atoms with Gasteiger partial charge in [-0.3, -0.25) is 0 Å². The standard InChI is InChI=1S/C14H17N5O3S/c20-23(21,12-6-15-22-9-12)16-5-10-7-19(8-10)14-4-11-2-1-3-13(11)17-18-14/h4,6,9-10,16H,1-3,5,7-8H2. The van der Waals surface area contributed by atoms with Crippen LogP contribution >= 0.6 is 0 Å². The van der Waals surface area contributed by atoms with Crippen LogP contribution in [0.5, 0.6) is 0 Å². The Morgan fingerprint density at radius 1 is 1.30 bits per heavy atom. The fraction of sp³-hybridized carbons (Fsp3) is 0.500. The molecule has 0 bridgehead atoms. The summed E-state index contributed by atoms with van der Waals surface area (Å²) in [6.45, 7) is 1.95. The molecule has 0 saturated carbocycles. The van der Waals surface area contributed by atoms with E-state index < -0.39 is 10.0 Å². The van der Waals surface area contributed by atoms with Crippen LogP contribution in [-0.4, -0.2) is 43.4 Å². The zero-order valence-electron chi connectivity index (χ0n) is 12.5. The quantitative estimate of drug-likeness (QED) is 0.842. The van der Waals surface area contributed by atoms with Crippen molar-refractivity contribution < 1.29 is 12.9 Å². The molecule has 0 atom stereocenters. The van der Waals surface area contributed by atoms with E-state index in [1.54, 1.807) is 0 Å². The van der Waals surface area contributed by atoms with Crippen LogP contribution in [0.3, 0.4) is 0 Å². The molecule has 1 aliphatic carbocycles. The number of rotatable bonds is 5. The van der Waals surface area contributed by atoms with Crippen molar-refractivity contribution in [2.45, 2.75) is 24.2 Å². The molecule has 0 spiro atoms. The van der Waals surface area contributed by atoms with E-state index in [-0.39, 0.29) is 10.8 Å². The van der Waals surface area contributed by atoms with Crippen molar-refractivity contribution in [2.75, 3.05) is 24.5 Å². The monoisotopic (exact) mass is 335 g/mol. The van der Waals surface area contributed by atoms with Gasteiger partial charge in [0.2, 0.25) is 10.0 Å². The SMILES string of the molecule is O=S(=O)(NCC1CN(c2cc3c(nn2)CCC3)C1)c1cnoc1. The Hall–Kier alpha value is -2.00. The maximum atomic E-state index is 12.0. The highest BCUT2D eigenvalue weighted by Gasteiger charge is 2.30. The Bertz CT molecular complexity index is 800. The zero-order valence-corrected chi connectivity index (χ0v) is 13.3. The van der Waals surface area contributed by atoms with E-state index in [1.165, 1.54) is 11.8 Å². The first kappa shape index (κ1) is 14.6. The second-order valence-electron chi connectivity index (χ2n) is 6.01. The first-order valence-corrected chi connectivity index (χ1v) is 9.09. The molecule has 2 aromatic rings. The number of hydrogen-bond acceptors (Lipinski definition) is 7. The van der Waals surface area contributed by atoms with Crippen LogP contribution in [0.4, 0.5) is 5.82 Å². The lowest BCUT2D eigenvalue weighted by molar-refractivity contribution is 0.401. The average molecular weight is 335 g/mol. The average Bonchev–Trinajstić information content (AvgIpc) is 3.16. The molecule has 0 unspecified atom stereocenters. The third kappa shape index (κ3) is 2.81. The third-order valence-corrected chi connectivity index (χ3v) is 5.74. The van der Waals surface area contributed by atoms with Gasteiger partial charge in [0.25, 0.3) is 0 Å². The second kappa shape index (κ2) is 5.57. The minimum absolute atomic E-state index is 0.0539. The van der Waals surface area contributed by atoms with Gasteiger partial charge in [0, 0.05) is 25.6 Å². The topological polar surface area (TPSA) is 101 Å². The number of nitrogens with zero attached hydrogens (tertiary/aromatic N) is 4. The Morgan fingerprint density at radius 3 is 2.96 bits per heavy atom. The van der Waals surface area contributed by atoms with Gasteiger partial charge in [0.1, 0.15) is 11.2 Å². The predicted octanol–water partition coefficient (Wildman–Crippen LogP) is 0.368. The van der Waals surface area contributed by atoms with Crippen molar-refractivity contribution >= 4 is 15.8 Å². The smallest absolute Gasteiger partial charge is 0.245 e. The van der Waals surface area contributed by atoms with Crippen molar-refractivity contribution in [1.82, 2.24) is 20.1 Å². The molecule has 2 aromatic heterocycles. The van der Waals surface area contributed by atoms with Crippen molar-refractivity contribution in [3.8, 4) is 0 Å². The van der Waals surface area contributed by atoms with Crippen LogP contribution in [0.1, 0.15) is 17.7 Å². The van der Waals surface area contributed by atoms with Gasteiger partial charge in [-0.1, -0.05) is 5.16 Å². The Morgan fingerprint density at radius 2 is 2.17 bits per heavy atom. The molecule has 1 aliphatic heterocycles. The summed E-state index contributed by atoms with van der Waals surface area (Å²) >= 11 is 0. The second-order valence-corrected chi connectivity index (χ2v) is 7.78. The molecule has 1 N–H and O–H groups in total. The first-order chi connectivity index (χ1) is 11.1. The molecule has 0 radical (unpaired) electrons. The Balaban J connectivity index is 1.32. The van der Waals surface area contributed by atoms with Gasteiger partial charge in [-0.15, -0.1) is 5.10 Å². The number of sulfonamides is 1. The van der Waals surface area contributed by atoms with E-state index in [0.717, 1.165) is 50.1 Å². The summed E-state index contributed by atoms with van der Waals surface area (Å²) in [5.74, 6) is 1.16. The van der Waals surface area contributed by atoms with E-state index in [1.807, 2.05) is 0 Å². The minimum Gasteiger partial charge on any atom is -0.363 e. The maximum Gasteiger partial charge on any atom is 0.245 e.